The van der Waals surface area contributed by atoms with Crippen LogP contribution in [0.4, 0.5) is 0 Å². The minimum absolute atomic E-state index is 0. The van der Waals surface area contributed by atoms with Crippen LogP contribution < -0.4 is 5.32 Å². The highest BCUT2D eigenvalue weighted by atomic mass is 35.5. The third-order valence-corrected chi connectivity index (χ3v) is 3.66. The van der Waals surface area contributed by atoms with Gasteiger partial charge in [0.15, 0.2) is 0 Å². The fourth-order valence-electron chi connectivity index (χ4n) is 1.88. The lowest BCUT2D eigenvalue weighted by molar-refractivity contribution is 0.322. The molecule has 2 heterocycles. The standard InChI is InChI=1S/C10H17N3S.ClH/c1-8-7-14-10(12-8)6-13-4-3-9(5-13)11-2;/h7,9,11H,3-6H2,1-2H3;1H. The average molecular weight is 248 g/mol. The number of hydrogen-bond acceptors (Lipinski definition) is 4. The Hall–Kier alpha value is -0.160. The Bertz CT molecular complexity index is 303. The molecule has 1 atom stereocenters. The molecule has 1 N–H and O–H groups in total. The summed E-state index contributed by atoms with van der Waals surface area (Å²) in [6.45, 7) is 5.44. The van der Waals surface area contributed by atoms with Crippen LogP contribution in [0.25, 0.3) is 0 Å². The molecule has 1 aliphatic heterocycles. The first-order chi connectivity index (χ1) is 6.78. The first-order valence-corrected chi connectivity index (χ1v) is 5.96. The van der Waals surface area contributed by atoms with Gasteiger partial charge in [-0.15, -0.1) is 23.7 Å². The molecule has 0 radical (unpaired) electrons. The summed E-state index contributed by atoms with van der Waals surface area (Å²) in [6, 6.07) is 0.677. The Morgan fingerprint density at radius 1 is 1.67 bits per heavy atom. The molecule has 15 heavy (non-hydrogen) atoms. The SMILES string of the molecule is CNC1CCN(Cc2nc(C)cs2)C1.Cl. The van der Waals surface area contributed by atoms with E-state index < -0.39 is 0 Å². The molecular formula is C10H18ClN3S. The van der Waals surface area contributed by atoms with Gasteiger partial charge in [-0.1, -0.05) is 0 Å². The molecule has 1 aliphatic rings. The molecule has 0 aromatic carbocycles. The number of hydrogen-bond donors (Lipinski definition) is 1. The van der Waals surface area contributed by atoms with Crippen LogP contribution >= 0.6 is 23.7 Å². The summed E-state index contributed by atoms with van der Waals surface area (Å²) in [5.74, 6) is 0. The molecule has 1 aromatic rings. The van der Waals surface area contributed by atoms with E-state index in [0.717, 1.165) is 18.8 Å². The van der Waals surface area contributed by atoms with Gasteiger partial charge in [-0.2, -0.15) is 0 Å². The molecule has 1 unspecified atom stereocenters. The molecule has 3 nitrogen and oxygen atoms in total. The van der Waals surface area contributed by atoms with Crippen molar-refractivity contribution in [2.75, 3.05) is 20.1 Å². The van der Waals surface area contributed by atoms with Crippen molar-refractivity contribution < 1.29 is 0 Å². The van der Waals surface area contributed by atoms with Crippen LogP contribution in [-0.4, -0.2) is 36.1 Å². The van der Waals surface area contributed by atoms with E-state index >= 15 is 0 Å². The van der Waals surface area contributed by atoms with Crippen LogP contribution in [0.1, 0.15) is 17.1 Å². The number of thiazole rings is 1. The molecule has 0 amide bonds. The van der Waals surface area contributed by atoms with Crippen LogP contribution in [0.5, 0.6) is 0 Å². The van der Waals surface area contributed by atoms with Crippen LogP contribution in [0.2, 0.25) is 0 Å². The van der Waals surface area contributed by atoms with Crippen LogP contribution in [0.3, 0.4) is 0 Å². The van der Waals surface area contributed by atoms with E-state index in [0.29, 0.717) is 6.04 Å². The summed E-state index contributed by atoms with van der Waals surface area (Å²) in [5.41, 5.74) is 1.15. The summed E-state index contributed by atoms with van der Waals surface area (Å²) in [4.78, 5) is 6.95. The Kier molecular flexibility index (Phi) is 4.99. The van der Waals surface area contributed by atoms with Crippen molar-refractivity contribution in [1.82, 2.24) is 15.2 Å². The predicted molar refractivity (Wildman–Crippen MR) is 66.8 cm³/mol. The summed E-state index contributed by atoms with van der Waals surface area (Å²) in [5, 5.41) is 6.70. The van der Waals surface area contributed by atoms with Crippen LogP contribution in [0.15, 0.2) is 5.38 Å². The third-order valence-electron chi connectivity index (χ3n) is 2.71. The average Bonchev–Trinajstić information content (AvgIpc) is 2.76. The Labute approximate surface area is 101 Å². The maximum absolute atomic E-state index is 4.48. The highest BCUT2D eigenvalue weighted by Gasteiger charge is 2.21. The van der Waals surface area contributed by atoms with E-state index in [1.165, 1.54) is 18.0 Å². The number of halogens is 1. The van der Waals surface area contributed by atoms with E-state index in [4.69, 9.17) is 0 Å². The number of nitrogens with zero attached hydrogens (tertiary/aromatic N) is 2. The summed E-state index contributed by atoms with van der Waals surface area (Å²) >= 11 is 1.77. The molecule has 0 aliphatic carbocycles. The number of aromatic nitrogens is 1. The molecule has 2 rings (SSSR count). The summed E-state index contributed by atoms with van der Waals surface area (Å²) in [7, 11) is 2.04. The number of aryl methyl sites for hydroxylation is 1. The van der Waals surface area contributed by atoms with Gasteiger partial charge in [0.25, 0.3) is 0 Å². The van der Waals surface area contributed by atoms with E-state index in [1.807, 2.05) is 7.05 Å². The van der Waals surface area contributed by atoms with E-state index in [9.17, 15) is 0 Å². The van der Waals surface area contributed by atoms with E-state index in [-0.39, 0.29) is 12.4 Å². The minimum atomic E-state index is 0. The van der Waals surface area contributed by atoms with Crippen molar-refractivity contribution in [3.05, 3.63) is 16.1 Å². The topological polar surface area (TPSA) is 28.2 Å². The number of likely N-dealkylation sites (tertiary alicyclic amines) is 1. The molecule has 1 fully saturated rings. The predicted octanol–water partition coefficient (Wildman–Crippen LogP) is 1.67. The second kappa shape index (κ2) is 5.80. The molecule has 1 saturated heterocycles. The zero-order valence-electron chi connectivity index (χ0n) is 9.19. The lowest BCUT2D eigenvalue weighted by Crippen LogP contribution is -2.29. The Balaban J connectivity index is 0.00000112. The highest BCUT2D eigenvalue weighted by Crippen LogP contribution is 2.15. The van der Waals surface area contributed by atoms with Gasteiger partial charge in [-0.3, -0.25) is 4.90 Å². The van der Waals surface area contributed by atoms with Crippen LogP contribution in [0, 0.1) is 6.92 Å². The van der Waals surface area contributed by atoms with Crippen molar-refractivity contribution in [2.24, 2.45) is 0 Å². The normalized spacial score (nSPS) is 21.6. The molecular weight excluding hydrogens is 230 g/mol. The van der Waals surface area contributed by atoms with Gasteiger partial charge in [0.2, 0.25) is 0 Å². The van der Waals surface area contributed by atoms with Crippen molar-refractivity contribution in [2.45, 2.75) is 25.9 Å². The first-order valence-electron chi connectivity index (χ1n) is 5.08. The number of rotatable bonds is 3. The molecule has 86 valence electrons. The van der Waals surface area contributed by atoms with Gasteiger partial charge >= 0.3 is 0 Å². The fourth-order valence-corrected chi connectivity index (χ4v) is 2.69. The Morgan fingerprint density at radius 3 is 3.00 bits per heavy atom. The summed E-state index contributed by atoms with van der Waals surface area (Å²) in [6.07, 6.45) is 1.26. The lowest BCUT2D eigenvalue weighted by Gasteiger charge is -2.13. The van der Waals surface area contributed by atoms with Gasteiger partial charge in [0, 0.05) is 30.2 Å². The highest BCUT2D eigenvalue weighted by molar-refractivity contribution is 7.09. The molecule has 0 saturated carbocycles. The summed E-state index contributed by atoms with van der Waals surface area (Å²) < 4.78 is 0. The second-order valence-corrected chi connectivity index (χ2v) is 4.83. The molecule has 1 aromatic heterocycles. The molecule has 0 bridgehead atoms. The van der Waals surface area contributed by atoms with E-state index in [1.54, 1.807) is 11.3 Å². The van der Waals surface area contributed by atoms with Crippen molar-refractivity contribution >= 4 is 23.7 Å². The zero-order valence-corrected chi connectivity index (χ0v) is 10.8. The monoisotopic (exact) mass is 247 g/mol. The molecule has 0 spiro atoms. The maximum Gasteiger partial charge on any atom is 0.107 e. The number of nitrogens with one attached hydrogen (secondary N) is 1. The van der Waals surface area contributed by atoms with Crippen molar-refractivity contribution in [3.63, 3.8) is 0 Å². The van der Waals surface area contributed by atoms with Gasteiger partial charge in [0.1, 0.15) is 5.01 Å². The minimum Gasteiger partial charge on any atom is -0.316 e. The third kappa shape index (κ3) is 3.41. The van der Waals surface area contributed by atoms with Gasteiger partial charge < -0.3 is 5.32 Å². The zero-order chi connectivity index (χ0) is 9.97. The Morgan fingerprint density at radius 2 is 2.47 bits per heavy atom. The lowest BCUT2D eigenvalue weighted by atomic mass is 10.3. The largest absolute Gasteiger partial charge is 0.316 e. The maximum atomic E-state index is 4.48. The van der Waals surface area contributed by atoms with Gasteiger partial charge in [0.05, 0.1) is 6.54 Å². The fraction of sp³-hybridized carbons (Fsp3) is 0.700. The van der Waals surface area contributed by atoms with Crippen LogP contribution in [-0.2, 0) is 6.54 Å². The first kappa shape index (κ1) is 12.9. The second-order valence-electron chi connectivity index (χ2n) is 3.89. The van der Waals surface area contributed by atoms with E-state index in [2.05, 4.69) is 27.5 Å². The quantitative estimate of drug-likeness (QED) is 0.881. The van der Waals surface area contributed by atoms with Crippen molar-refractivity contribution in [3.8, 4) is 0 Å². The molecule has 5 heteroatoms. The van der Waals surface area contributed by atoms with Gasteiger partial charge in [-0.25, -0.2) is 4.98 Å². The smallest absolute Gasteiger partial charge is 0.107 e. The van der Waals surface area contributed by atoms with Gasteiger partial charge in [-0.05, 0) is 20.4 Å². The van der Waals surface area contributed by atoms with Crippen molar-refractivity contribution in [1.29, 1.82) is 0 Å². The number of likely N-dealkylation sites (N-methyl/N-ethyl adjacent to an activating group) is 1.